The van der Waals surface area contributed by atoms with Gasteiger partial charge in [-0.25, -0.2) is 0 Å². The first-order chi connectivity index (χ1) is 13.7. The van der Waals surface area contributed by atoms with Gasteiger partial charge < -0.3 is 14.2 Å². The summed E-state index contributed by atoms with van der Waals surface area (Å²) in [6, 6.07) is 13.4. The van der Waals surface area contributed by atoms with Crippen molar-refractivity contribution in [3.8, 4) is 11.1 Å². The highest BCUT2D eigenvalue weighted by Gasteiger charge is 2.41. The van der Waals surface area contributed by atoms with Crippen molar-refractivity contribution in [2.45, 2.75) is 42.7 Å². The van der Waals surface area contributed by atoms with E-state index >= 15 is 0 Å². The minimum absolute atomic E-state index is 0.170. The summed E-state index contributed by atoms with van der Waals surface area (Å²) in [7, 11) is 0. The fourth-order valence-corrected chi connectivity index (χ4v) is 6.03. The fourth-order valence-electron chi connectivity index (χ4n) is 5.62. The van der Waals surface area contributed by atoms with Crippen LogP contribution in [-0.2, 0) is 11.3 Å². The molecule has 148 valence electrons. The van der Waals surface area contributed by atoms with Crippen LogP contribution in [0.3, 0.4) is 0 Å². The number of pyridine rings is 1. The van der Waals surface area contributed by atoms with Gasteiger partial charge in [0, 0.05) is 53.4 Å². The van der Waals surface area contributed by atoms with E-state index in [-0.39, 0.29) is 5.56 Å². The minimum Gasteiger partial charge on any atom is -0.381 e. The first-order valence-corrected chi connectivity index (χ1v) is 11.8. The first-order valence-electron chi connectivity index (χ1n) is 10.5. The topological polar surface area (TPSA) is 35.7 Å². The normalized spacial score (nSPS) is 27.4. The van der Waals surface area contributed by atoms with Crippen LogP contribution < -0.4 is 10.5 Å². The molecule has 2 bridgehead atoms. The van der Waals surface area contributed by atoms with Gasteiger partial charge in [-0.05, 0) is 36.4 Å². The zero-order valence-corrected chi connectivity index (χ0v) is 17.3. The molecule has 0 radical (unpaired) electrons. The Bertz CT molecular complexity index is 902. The van der Waals surface area contributed by atoms with Gasteiger partial charge >= 0.3 is 0 Å². The SMILES string of the molecule is CSc1ccc(-c2ccc(=O)n3c2[C@@H]2C[C@H](C3)C[NH+](C3CCOCC3)C2)cc1. The summed E-state index contributed by atoms with van der Waals surface area (Å²) >= 11 is 1.77. The van der Waals surface area contributed by atoms with E-state index in [0.717, 1.165) is 32.3 Å². The van der Waals surface area contributed by atoms with E-state index in [0.29, 0.717) is 11.8 Å². The van der Waals surface area contributed by atoms with Crippen LogP contribution in [0, 0.1) is 5.92 Å². The van der Waals surface area contributed by atoms with Gasteiger partial charge in [-0.1, -0.05) is 12.1 Å². The molecular weight excluding hydrogens is 368 g/mol. The Morgan fingerprint density at radius 3 is 2.61 bits per heavy atom. The number of hydrogen-bond acceptors (Lipinski definition) is 3. The van der Waals surface area contributed by atoms with Gasteiger partial charge in [0.05, 0.1) is 32.3 Å². The number of thioether (sulfide) groups is 1. The van der Waals surface area contributed by atoms with E-state index < -0.39 is 0 Å². The molecule has 1 N–H and O–H groups in total. The number of quaternary nitrogens is 1. The summed E-state index contributed by atoms with van der Waals surface area (Å²) in [6.07, 6.45) is 5.69. The molecule has 0 amide bonds. The number of fused-ring (bicyclic) bond motifs is 4. The Balaban J connectivity index is 1.52. The Morgan fingerprint density at radius 1 is 1.07 bits per heavy atom. The number of likely N-dealkylation sites (tertiary alicyclic amines) is 1. The molecule has 0 saturated carbocycles. The molecule has 3 aliphatic rings. The Labute approximate surface area is 170 Å². The van der Waals surface area contributed by atoms with Gasteiger partial charge in [0.1, 0.15) is 0 Å². The summed E-state index contributed by atoms with van der Waals surface area (Å²) in [6.45, 7) is 5.06. The molecule has 2 aromatic rings. The summed E-state index contributed by atoms with van der Waals surface area (Å²) < 4.78 is 7.69. The Kier molecular flexibility index (Phi) is 5.07. The highest BCUT2D eigenvalue weighted by Crippen LogP contribution is 2.37. The predicted octanol–water partition coefficient (Wildman–Crippen LogP) is 2.42. The van der Waals surface area contributed by atoms with E-state index in [1.165, 1.54) is 47.5 Å². The smallest absolute Gasteiger partial charge is 0.250 e. The maximum atomic E-state index is 12.7. The molecule has 5 rings (SSSR count). The summed E-state index contributed by atoms with van der Waals surface area (Å²) in [4.78, 5) is 15.7. The van der Waals surface area contributed by atoms with Crippen LogP contribution in [0.5, 0.6) is 0 Å². The molecule has 2 saturated heterocycles. The largest absolute Gasteiger partial charge is 0.381 e. The van der Waals surface area contributed by atoms with Crippen LogP contribution in [0.25, 0.3) is 11.1 Å². The molecule has 4 heterocycles. The second kappa shape index (κ2) is 7.69. The lowest BCUT2D eigenvalue weighted by atomic mass is 9.79. The number of piperidine rings is 1. The van der Waals surface area contributed by atoms with Gasteiger partial charge in [0.2, 0.25) is 0 Å². The van der Waals surface area contributed by atoms with Crippen LogP contribution in [-0.4, -0.2) is 43.2 Å². The van der Waals surface area contributed by atoms with Crippen molar-refractivity contribution in [2.75, 3.05) is 32.6 Å². The number of nitrogens with zero attached hydrogens (tertiary/aromatic N) is 1. The van der Waals surface area contributed by atoms with Crippen LogP contribution in [0.1, 0.15) is 30.9 Å². The molecule has 2 fully saturated rings. The van der Waals surface area contributed by atoms with Crippen molar-refractivity contribution in [3.63, 3.8) is 0 Å². The molecule has 5 heteroatoms. The average molecular weight is 398 g/mol. The molecular formula is C23H29N2O2S+. The molecule has 1 unspecified atom stereocenters. The summed E-state index contributed by atoms with van der Waals surface area (Å²) in [5.74, 6) is 1.10. The molecule has 28 heavy (non-hydrogen) atoms. The standard InChI is InChI=1S/C23H28N2O2S/c1-28-20-4-2-17(3-5-20)21-6-7-22(26)25-14-16-12-18(23(21)25)15-24(13-16)19-8-10-27-11-9-19/h2-7,16,18-19H,8-15H2,1H3/p+1/t16-,18+/m0/s1. The number of nitrogens with one attached hydrogen (secondary N) is 1. The molecule has 0 spiro atoms. The zero-order valence-electron chi connectivity index (χ0n) is 16.5. The van der Waals surface area contributed by atoms with Crippen molar-refractivity contribution in [3.05, 3.63) is 52.4 Å². The fraction of sp³-hybridized carbons (Fsp3) is 0.522. The monoisotopic (exact) mass is 397 g/mol. The van der Waals surface area contributed by atoms with Crippen molar-refractivity contribution >= 4 is 11.8 Å². The predicted molar refractivity (Wildman–Crippen MR) is 113 cm³/mol. The summed E-state index contributed by atoms with van der Waals surface area (Å²) in [5.41, 5.74) is 3.94. The molecule has 1 aromatic carbocycles. The maximum absolute atomic E-state index is 12.7. The second-order valence-electron chi connectivity index (χ2n) is 8.56. The zero-order chi connectivity index (χ0) is 19.1. The van der Waals surface area contributed by atoms with Crippen LogP contribution in [0.15, 0.2) is 46.1 Å². The number of benzene rings is 1. The first kappa shape index (κ1) is 18.5. The number of ether oxygens (including phenoxy) is 1. The third-order valence-corrected chi connectivity index (χ3v) is 7.67. The Hall–Kier alpha value is -1.56. The molecule has 0 aliphatic carbocycles. The van der Waals surface area contributed by atoms with Gasteiger partial charge in [0.15, 0.2) is 0 Å². The van der Waals surface area contributed by atoms with Crippen LogP contribution in [0.4, 0.5) is 0 Å². The molecule has 3 atom stereocenters. The van der Waals surface area contributed by atoms with E-state index in [1.54, 1.807) is 22.7 Å². The molecule has 1 aromatic heterocycles. The lowest BCUT2D eigenvalue weighted by Gasteiger charge is -2.44. The number of rotatable bonds is 3. The van der Waals surface area contributed by atoms with E-state index in [4.69, 9.17) is 4.74 Å². The van der Waals surface area contributed by atoms with E-state index in [1.807, 2.05) is 0 Å². The minimum atomic E-state index is 0.170. The highest BCUT2D eigenvalue weighted by atomic mass is 32.2. The quantitative estimate of drug-likeness (QED) is 0.808. The van der Waals surface area contributed by atoms with Crippen molar-refractivity contribution < 1.29 is 9.64 Å². The Morgan fingerprint density at radius 2 is 1.86 bits per heavy atom. The number of hydrogen-bond donors (Lipinski definition) is 1. The van der Waals surface area contributed by atoms with Crippen LogP contribution >= 0.6 is 11.8 Å². The van der Waals surface area contributed by atoms with Crippen molar-refractivity contribution in [2.24, 2.45) is 5.92 Å². The lowest BCUT2D eigenvalue weighted by Crippen LogP contribution is -3.18. The molecule has 3 aliphatic heterocycles. The second-order valence-corrected chi connectivity index (χ2v) is 9.44. The van der Waals surface area contributed by atoms with Gasteiger partial charge in [-0.15, -0.1) is 11.8 Å². The number of aromatic nitrogens is 1. The van der Waals surface area contributed by atoms with Gasteiger partial charge in [0.25, 0.3) is 5.56 Å². The average Bonchev–Trinajstić information content (AvgIpc) is 2.75. The maximum Gasteiger partial charge on any atom is 0.250 e. The van der Waals surface area contributed by atoms with E-state index in [9.17, 15) is 4.79 Å². The summed E-state index contributed by atoms with van der Waals surface area (Å²) in [5, 5.41) is 0. The van der Waals surface area contributed by atoms with Gasteiger partial charge in [-0.2, -0.15) is 0 Å². The third-order valence-electron chi connectivity index (χ3n) is 6.93. The van der Waals surface area contributed by atoms with E-state index in [2.05, 4.69) is 41.2 Å². The van der Waals surface area contributed by atoms with Crippen LogP contribution in [0.2, 0.25) is 0 Å². The van der Waals surface area contributed by atoms with Crippen molar-refractivity contribution in [1.29, 1.82) is 0 Å². The third kappa shape index (κ3) is 3.34. The molecule has 4 nitrogen and oxygen atoms in total. The highest BCUT2D eigenvalue weighted by molar-refractivity contribution is 7.98. The van der Waals surface area contributed by atoms with Crippen molar-refractivity contribution in [1.82, 2.24) is 4.57 Å². The lowest BCUT2D eigenvalue weighted by molar-refractivity contribution is -0.937. The van der Waals surface area contributed by atoms with Gasteiger partial charge in [-0.3, -0.25) is 4.79 Å².